The van der Waals surface area contributed by atoms with Gasteiger partial charge >= 0.3 is 0 Å². The largest absolute Gasteiger partial charge is 0.497 e. The Balaban J connectivity index is 1.66. The number of ether oxygens (including phenoxy) is 1. The second-order valence-corrected chi connectivity index (χ2v) is 5.73. The van der Waals surface area contributed by atoms with Crippen molar-refractivity contribution in [2.45, 2.75) is 26.4 Å². The molecule has 23 heavy (non-hydrogen) atoms. The highest BCUT2D eigenvalue weighted by atomic mass is 16.5. The number of nitrogens with one attached hydrogen (secondary N) is 1. The molecule has 0 atom stereocenters. The summed E-state index contributed by atoms with van der Waals surface area (Å²) in [5.74, 6) is 0.918. The fourth-order valence-corrected chi connectivity index (χ4v) is 2.59. The zero-order valence-electron chi connectivity index (χ0n) is 14.3. The highest BCUT2D eigenvalue weighted by molar-refractivity contribution is 5.27. The van der Waals surface area contributed by atoms with E-state index < -0.39 is 0 Å². The van der Waals surface area contributed by atoms with E-state index in [1.807, 2.05) is 12.1 Å². The highest BCUT2D eigenvalue weighted by Crippen LogP contribution is 2.13. The molecule has 0 aliphatic rings. The molecule has 0 heterocycles. The van der Waals surface area contributed by atoms with E-state index in [1.165, 1.54) is 11.1 Å². The lowest BCUT2D eigenvalue weighted by Crippen LogP contribution is -2.27. The van der Waals surface area contributed by atoms with E-state index in [0.29, 0.717) is 0 Å². The average Bonchev–Trinajstić information content (AvgIpc) is 2.62. The van der Waals surface area contributed by atoms with Gasteiger partial charge in [-0.05, 0) is 49.3 Å². The molecule has 0 bridgehead atoms. The van der Waals surface area contributed by atoms with Crippen LogP contribution in [0.25, 0.3) is 0 Å². The van der Waals surface area contributed by atoms with Crippen LogP contribution >= 0.6 is 0 Å². The Hall–Kier alpha value is -1.84. The first kappa shape index (κ1) is 17.5. The zero-order chi connectivity index (χ0) is 16.3. The summed E-state index contributed by atoms with van der Waals surface area (Å²) in [4.78, 5) is 2.48. The van der Waals surface area contributed by atoms with Crippen molar-refractivity contribution in [2.75, 3.05) is 26.7 Å². The van der Waals surface area contributed by atoms with Crippen molar-refractivity contribution in [1.29, 1.82) is 0 Å². The Morgan fingerprint density at radius 1 is 0.957 bits per heavy atom. The monoisotopic (exact) mass is 312 g/mol. The molecule has 0 fully saturated rings. The lowest BCUT2D eigenvalue weighted by Gasteiger charge is -2.20. The molecule has 0 radical (unpaired) electrons. The van der Waals surface area contributed by atoms with Crippen molar-refractivity contribution in [2.24, 2.45) is 0 Å². The van der Waals surface area contributed by atoms with Crippen molar-refractivity contribution < 1.29 is 4.74 Å². The number of hydrogen-bond donors (Lipinski definition) is 1. The molecule has 0 saturated carbocycles. The van der Waals surface area contributed by atoms with Crippen molar-refractivity contribution >= 4 is 0 Å². The standard InChI is InChI=1S/C20H28N2O/c1-3-22(17-19-10-12-20(23-2)13-11-19)15-7-14-21-16-18-8-5-4-6-9-18/h4-6,8-13,21H,3,7,14-17H2,1-2H3. The van der Waals surface area contributed by atoms with E-state index in [0.717, 1.165) is 44.9 Å². The normalized spacial score (nSPS) is 10.9. The minimum atomic E-state index is 0.918. The van der Waals surface area contributed by atoms with Crippen molar-refractivity contribution in [3.05, 3.63) is 65.7 Å². The fraction of sp³-hybridized carbons (Fsp3) is 0.400. The van der Waals surface area contributed by atoms with Crippen LogP contribution in [0.3, 0.4) is 0 Å². The molecule has 3 nitrogen and oxygen atoms in total. The Kier molecular flexibility index (Phi) is 7.64. The molecule has 0 aliphatic carbocycles. The predicted octanol–water partition coefficient (Wildman–Crippen LogP) is 3.70. The Morgan fingerprint density at radius 3 is 2.35 bits per heavy atom. The van der Waals surface area contributed by atoms with Gasteiger partial charge in [-0.1, -0.05) is 49.4 Å². The lowest BCUT2D eigenvalue weighted by molar-refractivity contribution is 0.274. The molecule has 2 aromatic carbocycles. The molecule has 2 rings (SSSR count). The SMILES string of the molecule is CCN(CCCNCc1ccccc1)Cc1ccc(OC)cc1. The molecule has 3 heteroatoms. The van der Waals surface area contributed by atoms with E-state index in [9.17, 15) is 0 Å². The number of rotatable bonds is 10. The molecule has 0 aromatic heterocycles. The Bertz CT molecular complexity index is 539. The number of nitrogens with zero attached hydrogens (tertiary/aromatic N) is 1. The average molecular weight is 312 g/mol. The summed E-state index contributed by atoms with van der Waals surface area (Å²) in [7, 11) is 1.70. The quantitative estimate of drug-likeness (QED) is 0.677. The molecule has 0 amide bonds. The van der Waals surface area contributed by atoms with Crippen LogP contribution in [-0.2, 0) is 13.1 Å². The lowest BCUT2D eigenvalue weighted by atomic mass is 10.2. The van der Waals surface area contributed by atoms with Gasteiger partial charge in [-0.2, -0.15) is 0 Å². The van der Waals surface area contributed by atoms with Crippen LogP contribution in [0.15, 0.2) is 54.6 Å². The maximum absolute atomic E-state index is 5.21. The first-order valence-electron chi connectivity index (χ1n) is 8.41. The molecule has 1 N–H and O–H groups in total. The van der Waals surface area contributed by atoms with Gasteiger partial charge in [-0.15, -0.1) is 0 Å². The molecule has 0 aliphatic heterocycles. The van der Waals surface area contributed by atoms with Crippen LogP contribution in [0.5, 0.6) is 5.75 Å². The summed E-state index contributed by atoms with van der Waals surface area (Å²) in [6, 6.07) is 18.9. The van der Waals surface area contributed by atoms with Gasteiger partial charge in [-0.3, -0.25) is 4.90 Å². The van der Waals surface area contributed by atoms with E-state index in [2.05, 4.69) is 59.6 Å². The summed E-state index contributed by atoms with van der Waals surface area (Å²) in [5, 5.41) is 3.52. The smallest absolute Gasteiger partial charge is 0.118 e. The van der Waals surface area contributed by atoms with Crippen LogP contribution in [0, 0.1) is 0 Å². The van der Waals surface area contributed by atoms with Crippen LogP contribution in [0.1, 0.15) is 24.5 Å². The molecule has 0 saturated heterocycles. The van der Waals surface area contributed by atoms with E-state index >= 15 is 0 Å². The summed E-state index contributed by atoms with van der Waals surface area (Å²) in [6.07, 6.45) is 1.16. The van der Waals surface area contributed by atoms with Crippen LogP contribution in [0.4, 0.5) is 0 Å². The first-order valence-corrected chi connectivity index (χ1v) is 8.41. The van der Waals surface area contributed by atoms with Crippen LogP contribution in [0.2, 0.25) is 0 Å². The summed E-state index contributed by atoms with van der Waals surface area (Å²) < 4.78 is 5.21. The number of methoxy groups -OCH3 is 1. The zero-order valence-corrected chi connectivity index (χ0v) is 14.3. The predicted molar refractivity (Wildman–Crippen MR) is 96.7 cm³/mol. The Morgan fingerprint density at radius 2 is 1.70 bits per heavy atom. The maximum atomic E-state index is 5.21. The van der Waals surface area contributed by atoms with E-state index in [1.54, 1.807) is 7.11 Å². The third kappa shape index (κ3) is 6.43. The topological polar surface area (TPSA) is 24.5 Å². The highest BCUT2D eigenvalue weighted by Gasteiger charge is 2.04. The van der Waals surface area contributed by atoms with Crippen molar-refractivity contribution in [3.63, 3.8) is 0 Å². The third-order valence-corrected chi connectivity index (χ3v) is 4.01. The molecular weight excluding hydrogens is 284 g/mol. The molecule has 0 spiro atoms. The summed E-state index contributed by atoms with van der Waals surface area (Å²) >= 11 is 0. The molecule has 0 unspecified atom stereocenters. The Labute approximate surface area is 140 Å². The van der Waals surface area contributed by atoms with Gasteiger partial charge in [0, 0.05) is 13.1 Å². The summed E-state index contributed by atoms with van der Waals surface area (Å²) in [6.45, 7) is 7.41. The first-order chi connectivity index (χ1) is 11.3. The van der Waals surface area contributed by atoms with Crippen LogP contribution in [-0.4, -0.2) is 31.6 Å². The maximum Gasteiger partial charge on any atom is 0.118 e. The fourth-order valence-electron chi connectivity index (χ4n) is 2.59. The molecule has 2 aromatic rings. The summed E-state index contributed by atoms with van der Waals surface area (Å²) in [5.41, 5.74) is 2.68. The third-order valence-electron chi connectivity index (χ3n) is 4.01. The minimum Gasteiger partial charge on any atom is -0.497 e. The van der Waals surface area contributed by atoms with Gasteiger partial charge in [0.05, 0.1) is 7.11 Å². The van der Waals surface area contributed by atoms with Gasteiger partial charge in [0.1, 0.15) is 5.75 Å². The van der Waals surface area contributed by atoms with Gasteiger partial charge < -0.3 is 10.1 Å². The number of hydrogen-bond acceptors (Lipinski definition) is 3. The van der Waals surface area contributed by atoms with Gasteiger partial charge in [-0.25, -0.2) is 0 Å². The van der Waals surface area contributed by atoms with Gasteiger partial charge in [0.25, 0.3) is 0 Å². The van der Waals surface area contributed by atoms with Crippen molar-refractivity contribution in [1.82, 2.24) is 10.2 Å². The van der Waals surface area contributed by atoms with Crippen molar-refractivity contribution in [3.8, 4) is 5.75 Å². The second kappa shape index (κ2) is 10.0. The van der Waals surface area contributed by atoms with Crippen LogP contribution < -0.4 is 10.1 Å². The van der Waals surface area contributed by atoms with E-state index in [-0.39, 0.29) is 0 Å². The second-order valence-electron chi connectivity index (χ2n) is 5.73. The minimum absolute atomic E-state index is 0.918. The van der Waals surface area contributed by atoms with Gasteiger partial charge in [0.2, 0.25) is 0 Å². The van der Waals surface area contributed by atoms with Gasteiger partial charge in [0.15, 0.2) is 0 Å². The number of benzene rings is 2. The molecule has 124 valence electrons. The van der Waals surface area contributed by atoms with E-state index in [4.69, 9.17) is 4.74 Å². The molecular formula is C20H28N2O.